The Morgan fingerprint density at radius 3 is 2.88 bits per heavy atom. The van der Waals surface area contributed by atoms with Crippen molar-refractivity contribution >= 4 is 29.1 Å². The highest BCUT2D eigenvalue weighted by molar-refractivity contribution is 6.42. The number of nitrogens with zero attached hydrogens (tertiary/aromatic N) is 2. The summed E-state index contributed by atoms with van der Waals surface area (Å²) in [5, 5.41) is 0.921. The second-order valence-electron chi connectivity index (χ2n) is 6.35. The van der Waals surface area contributed by atoms with Gasteiger partial charge in [0.25, 0.3) is 0 Å². The maximum Gasteiger partial charge on any atom is 0.227 e. The quantitative estimate of drug-likeness (QED) is 0.741. The number of fused-ring (bicyclic) bond motifs is 4. The van der Waals surface area contributed by atoms with Gasteiger partial charge in [0.2, 0.25) is 11.9 Å². The summed E-state index contributed by atoms with van der Waals surface area (Å²) in [6.45, 7) is 0. The molecule has 0 aliphatic carbocycles. The predicted octanol–water partition coefficient (Wildman–Crippen LogP) is 4.36. The highest BCUT2D eigenvalue weighted by Gasteiger charge is 2.43. The van der Waals surface area contributed by atoms with Crippen LogP contribution in [0.2, 0.25) is 10.0 Å². The normalized spacial score (nSPS) is 21.7. The van der Waals surface area contributed by atoms with E-state index in [9.17, 15) is 9.18 Å². The van der Waals surface area contributed by atoms with Gasteiger partial charge in [-0.3, -0.25) is 4.79 Å². The Kier molecular flexibility index (Phi) is 3.97. The minimum absolute atomic E-state index is 0.0451. The number of pyridine rings is 1. The Balaban J connectivity index is 1.61. The topological polar surface area (TPSA) is 33.2 Å². The summed E-state index contributed by atoms with van der Waals surface area (Å²) in [7, 11) is 0. The van der Waals surface area contributed by atoms with Gasteiger partial charge in [-0.05, 0) is 48.6 Å². The number of benzene rings is 1. The number of carbonyl (C=O) groups excluding carboxylic acids is 1. The molecule has 1 fully saturated rings. The van der Waals surface area contributed by atoms with Crippen molar-refractivity contribution in [3.05, 3.63) is 63.1 Å². The van der Waals surface area contributed by atoms with Gasteiger partial charge >= 0.3 is 0 Å². The van der Waals surface area contributed by atoms with Crippen LogP contribution in [0, 0.1) is 5.95 Å². The van der Waals surface area contributed by atoms with E-state index in [4.69, 9.17) is 23.2 Å². The molecule has 3 nitrogen and oxygen atoms in total. The molecule has 2 unspecified atom stereocenters. The van der Waals surface area contributed by atoms with Gasteiger partial charge in [0.15, 0.2) is 0 Å². The third-order valence-corrected chi connectivity index (χ3v) is 5.71. The molecule has 3 heterocycles. The SMILES string of the molecule is O=C(Cc1ccc(Cl)c(Cl)c1)N1C2CCC1c1ccnc(F)c1C2. The van der Waals surface area contributed by atoms with Crippen molar-refractivity contribution < 1.29 is 9.18 Å². The zero-order valence-electron chi connectivity index (χ0n) is 12.8. The molecule has 1 amide bonds. The summed E-state index contributed by atoms with van der Waals surface area (Å²) in [6, 6.07) is 7.08. The molecule has 0 N–H and O–H groups in total. The van der Waals surface area contributed by atoms with Crippen LogP contribution in [-0.2, 0) is 17.6 Å². The van der Waals surface area contributed by atoms with Gasteiger partial charge in [0.05, 0.1) is 22.5 Å². The summed E-state index contributed by atoms with van der Waals surface area (Å²) < 4.78 is 14.0. The zero-order valence-corrected chi connectivity index (χ0v) is 14.3. The van der Waals surface area contributed by atoms with Gasteiger partial charge in [0, 0.05) is 17.8 Å². The van der Waals surface area contributed by atoms with Crippen LogP contribution in [0.15, 0.2) is 30.5 Å². The molecule has 2 aliphatic heterocycles. The van der Waals surface area contributed by atoms with Crippen molar-refractivity contribution in [2.75, 3.05) is 0 Å². The van der Waals surface area contributed by atoms with Gasteiger partial charge in [-0.2, -0.15) is 4.39 Å². The molecule has 1 aromatic heterocycles. The van der Waals surface area contributed by atoms with Gasteiger partial charge in [-0.1, -0.05) is 29.3 Å². The van der Waals surface area contributed by atoms with Crippen LogP contribution in [0.1, 0.15) is 35.6 Å². The lowest BCUT2D eigenvalue weighted by atomic mass is 9.94. The molecular weight excluding hydrogens is 350 g/mol. The summed E-state index contributed by atoms with van der Waals surface area (Å²) in [5.41, 5.74) is 2.41. The molecule has 24 heavy (non-hydrogen) atoms. The highest BCUT2D eigenvalue weighted by Crippen LogP contribution is 2.44. The summed E-state index contributed by atoms with van der Waals surface area (Å²) in [6.07, 6.45) is 4.06. The van der Waals surface area contributed by atoms with E-state index in [1.54, 1.807) is 12.1 Å². The third-order valence-electron chi connectivity index (χ3n) is 4.97. The van der Waals surface area contributed by atoms with Crippen LogP contribution in [-0.4, -0.2) is 21.8 Å². The van der Waals surface area contributed by atoms with Crippen LogP contribution < -0.4 is 0 Å². The van der Waals surface area contributed by atoms with Crippen LogP contribution in [0.3, 0.4) is 0 Å². The van der Waals surface area contributed by atoms with Gasteiger partial charge < -0.3 is 4.90 Å². The van der Waals surface area contributed by atoms with E-state index in [1.807, 2.05) is 17.0 Å². The van der Waals surface area contributed by atoms with Crippen molar-refractivity contribution in [3.63, 3.8) is 0 Å². The lowest BCUT2D eigenvalue weighted by Gasteiger charge is -2.36. The first-order chi connectivity index (χ1) is 11.5. The van der Waals surface area contributed by atoms with E-state index in [0.717, 1.165) is 24.0 Å². The highest BCUT2D eigenvalue weighted by atomic mass is 35.5. The molecule has 0 spiro atoms. The molecule has 0 saturated carbocycles. The van der Waals surface area contributed by atoms with Gasteiger partial charge in [-0.15, -0.1) is 0 Å². The van der Waals surface area contributed by atoms with E-state index in [2.05, 4.69) is 4.98 Å². The Morgan fingerprint density at radius 1 is 1.25 bits per heavy atom. The lowest BCUT2D eigenvalue weighted by molar-refractivity contribution is -0.134. The number of carbonyl (C=O) groups is 1. The first-order valence-corrected chi connectivity index (χ1v) is 8.68. The van der Waals surface area contributed by atoms with E-state index in [1.165, 1.54) is 6.20 Å². The van der Waals surface area contributed by atoms with Crippen LogP contribution in [0.5, 0.6) is 0 Å². The third kappa shape index (κ3) is 2.58. The maximum atomic E-state index is 14.0. The number of aromatic nitrogens is 1. The molecule has 6 heteroatoms. The van der Waals surface area contributed by atoms with Crippen molar-refractivity contribution in [2.24, 2.45) is 0 Å². The van der Waals surface area contributed by atoms with Crippen molar-refractivity contribution in [3.8, 4) is 0 Å². The number of halogens is 3. The standard InChI is InChI=1S/C18H15Cl2FN2O/c19-14-3-1-10(7-15(14)20)8-17(24)23-11-2-4-16(23)12-5-6-22-18(21)13(12)9-11/h1,3,5-7,11,16H,2,4,8-9H2. The molecule has 1 aromatic carbocycles. The fraction of sp³-hybridized carbons (Fsp3) is 0.333. The predicted molar refractivity (Wildman–Crippen MR) is 90.7 cm³/mol. The maximum absolute atomic E-state index is 14.0. The summed E-state index contributed by atoms with van der Waals surface area (Å²) >= 11 is 12.0. The molecule has 2 atom stereocenters. The second kappa shape index (κ2) is 6.01. The summed E-state index contributed by atoms with van der Waals surface area (Å²) in [5.74, 6) is -0.357. The van der Waals surface area contributed by atoms with Crippen LogP contribution in [0.4, 0.5) is 4.39 Å². The average Bonchev–Trinajstić information content (AvgIpc) is 2.87. The van der Waals surface area contributed by atoms with Crippen molar-refractivity contribution in [1.29, 1.82) is 0 Å². The molecule has 0 radical (unpaired) electrons. The fourth-order valence-electron chi connectivity index (χ4n) is 3.91. The minimum atomic E-state index is -0.402. The summed E-state index contributed by atoms with van der Waals surface area (Å²) in [4.78, 5) is 18.5. The van der Waals surface area contributed by atoms with Gasteiger partial charge in [0.1, 0.15) is 0 Å². The molecule has 2 aliphatic rings. The first kappa shape index (κ1) is 15.9. The average molecular weight is 365 g/mol. The Hall–Kier alpha value is -1.65. The van der Waals surface area contributed by atoms with Crippen LogP contribution >= 0.6 is 23.2 Å². The monoisotopic (exact) mass is 364 g/mol. The number of amides is 1. The van der Waals surface area contributed by atoms with E-state index in [-0.39, 0.29) is 24.4 Å². The van der Waals surface area contributed by atoms with E-state index >= 15 is 0 Å². The number of hydrogen-bond donors (Lipinski definition) is 0. The van der Waals surface area contributed by atoms with Gasteiger partial charge in [-0.25, -0.2) is 4.98 Å². The fourth-order valence-corrected chi connectivity index (χ4v) is 4.23. The molecule has 1 saturated heterocycles. The number of rotatable bonds is 2. The Morgan fingerprint density at radius 2 is 2.08 bits per heavy atom. The lowest BCUT2D eigenvalue weighted by Crippen LogP contribution is -2.43. The largest absolute Gasteiger partial charge is 0.332 e. The van der Waals surface area contributed by atoms with Crippen molar-refractivity contribution in [2.45, 2.75) is 37.8 Å². The molecule has 2 bridgehead atoms. The van der Waals surface area contributed by atoms with E-state index in [0.29, 0.717) is 22.0 Å². The van der Waals surface area contributed by atoms with Crippen LogP contribution in [0.25, 0.3) is 0 Å². The van der Waals surface area contributed by atoms with E-state index < -0.39 is 5.95 Å². The molecule has 2 aromatic rings. The smallest absolute Gasteiger partial charge is 0.227 e. The Labute approximate surface area is 149 Å². The molecule has 124 valence electrons. The first-order valence-electron chi connectivity index (χ1n) is 7.93. The number of hydrogen-bond acceptors (Lipinski definition) is 2. The second-order valence-corrected chi connectivity index (χ2v) is 7.16. The minimum Gasteiger partial charge on any atom is -0.332 e. The van der Waals surface area contributed by atoms with Crippen molar-refractivity contribution in [1.82, 2.24) is 9.88 Å². The molecular formula is C18H15Cl2FN2O. The Bertz CT molecular complexity index is 827. The molecule has 4 rings (SSSR count). The zero-order chi connectivity index (χ0) is 16.8.